The third-order valence-electron chi connectivity index (χ3n) is 28.9. The summed E-state index contributed by atoms with van der Waals surface area (Å²) >= 11 is 0. The van der Waals surface area contributed by atoms with Crippen molar-refractivity contribution in [2.45, 2.75) is 108 Å². The quantitative estimate of drug-likeness (QED) is 0.114. The van der Waals surface area contributed by atoms with Gasteiger partial charge in [-0.05, 0) is 244 Å². The maximum Gasteiger partial charge on any atom is 0.0725 e. The zero-order chi connectivity index (χ0) is 82.8. The first-order valence-corrected chi connectivity index (χ1v) is 44.0. The Bertz CT molecular complexity index is 7450. The lowest BCUT2D eigenvalue weighted by Crippen LogP contribution is -2.40. The molecule has 1 unspecified atom stereocenters. The molecule has 0 aliphatic heterocycles. The molecule has 0 saturated heterocycles. The molecular weight excluding hydrogens is 1490 g/mol. The molecule has 0 bridgehead atoms. The van der Waals surface area contributed by atoms with Crippen molar-refractivity contribution in [1.82, 2.24) is 9.13 Å². The Kier molecular flexibility index (Phi) is 16.9. The highest BCUT2D eigenvalue weighted by Gasteiger charge is 2.52. The number of benzene rings is 17. The number of nitrogens with zero attached hydrogens (tertiary/aromatic N) is 4. The molecule has 4 heteroatoms. The maximum absolute atomic E-state index is 2.59. The van der Waals surface area contributed by atoms with Gasteiger partial charge in [-0.1, -0.05) is 353 Å². The van der Waals surface area contributed by atoms with E-state index in [4.69, 9.17) is 0 Å². The normalized spacial score (nSPS) is 15.8. The van der Waals surface area contributed by atoms with E-state index in [1.807, 2.05) is 0 Å². The van der Waals surface area contributed by atoms with Gasteiger partial charge >= 0.3 is 0 Å². The molecule has 17 aromatic carbocycles. The third-order valence-corrected chi connectivity index (χ3v) is 28.9. The van der Waals surface area contributed by atoms with Crippen LogP contribution in [0.4, 0.5) is 34.1 Å². The van der Waals surface area contributed by atoms with E-state index in [1.165, 1.54) is 145 Å². The summed E-state index contributed by atoms with van der Waals surface area (Å²) in [5.74, 6) is 0.122. The Labute approximate surface area is 721 Å². The van der Waals surface area contributed by atoms with Crippen molar-refractivity contribution in [2.75, 3.05) is 9.80 Å². The summed E-state index contributed by atoms with van der Waals surface area (Å²) in [7, 11) is 0. The minimum Gasteiger partial charge on any atom is -0.310 e. The predicted octanol–water partition coefficient (Wildman–Crippen LogP) is 31.9. The largest absolute Gasteiger partial charge is 0.310 e. The van der Waals surface area contributed by atoms with Crippen LogP contribution in [0.3, 0.4) is 0 Å². The van der Waals surface area contributed by atoms with Crippen molar-refractivity contribution in [3.05, 3.63) is 444 Å². The summed E-state index contributed by atoms with van der Waals surface area (Å²) in [6.45, 7) is 19.8. The highest BCUT2D eigenvalue weighted by atomic mass is 15.2. The summed E-state index contributed by atoms with van der Waals surface area (Å²) in [5, 5.41) is 4.90. The van der Waals surface area contributed by atoms with Crippen LogP contribution >= 0.6 is 0 Å². The van der Waals surface area contributed by atoms with E-state index in [0.717, 1.165) is 80.4 Å². The summed E-state index contributed by atoms with van der Waals surface area (Å²) < 4.78 is 5.11. The molecule has 0 fully saturated rings. The fraction of sp³-hybridized carbons (Fsp3) is 0.143. The first kappa shape index (κ1) is 74.0. The minimum atomic E-state index is -0.460. The van der Waals surface area contributed by atoms with Gasteiger partial charge in [0.15, 0.2) is 0 Å². The molecule has 0 radical (unpaired) electrons. The number of rotatable bonds is 13. The molecule has 592 valence electrons. The topological polar surface area (TPSA) is 16.3 Å². The molecule has 0 N–H and O–H groups in total. The van der Waals surface area contributed by atoms with Crippen LogP contribution in [-0.4, -0.2) is 9.13 Å². The van der Waals surface area contributed by atoms with Gasteiger partial charge in [0, 0.05) is 66.7 Å². The second-order valence-electron chi connectivity index (χ2n) is 37.4. The molecule has 4 aliphatic rings. The Morgan fingerprint density at radius 3 is 1.22 bits per heavy atom. The van der Waals surface area contributed by atoms with Crippen molar-refractivity contribution in [2.24, 2.45) is 0 Å². The monoisotopic (exact) mass is 1580 g/mol. The van der Waals surface area contributed by atoms with E-state index in [0.29, 0.717) is 0 Å². The molecular formula is C119H96N4. The molecule has 4 nitrogen and oxygen atoms in total. The summed E-state index contributed by atoms with van der Waals surface area (Å²) in [6, 6.07) is 150. The zero-order valence-corrected chi connectivity index (χ0v) is 71.0. The van der Waals surface area contributed by atoms with Gasteiger partial charge in [0.2, 0.25) is 0 Å². The van der Waals surface area contributed by atoms with Crippen LogP contribution in [0.1, 0.15) is 131 Å². The average molecular weight is 1580 g/mol. The van der Waals surface area contributed by atoms with Gasteiger partial charge in [-0.2, -0.15) is 0 Å². The molecule has 123 heavy (non-hydrogen) atoms. The van der Waals surface area contributed by atoms with Gasteiger partial charge in [-0.25, -0.2) is 0 Å². The van der Waals surface area contributed by atoms with E-state index >= 15 is 0 Å². The fourth-order valence-electron chi connectivity index (χ4n) is 22.7. The lowest BCUT2D eigenvalue weighted by molar-refractivity contribution is 0.283. The number of fused-ring (bicyclic) bond motifs is 18. The van der Waals surface area contributed by atoms with Gasteiger partial charge in [0.05, 0.1) is 44.5 Å². The smallest absolute Gasteiger partial charge is 0.0725 e. The van der Waals surface area contributed by atoms with E-state index in [9.17, 15) is 0 Å². The number of anilines is 6. The van der Waals surface area contributed by atoms with E-state index in [2.05, 4.69) is 469 Å². The molecule has 0 saturated carbocycles. The number of hydrogen-bond donors (Lipinski definition) is 0. The van der Waals surface area contributed by atoms with Crippen LogP contribution in [-0.2, 0) is 27.1 Å². The van der Waals surface area contributed by atoms with Crippen molar-refractivity contribution < 1.29 is 0 Å². The van der Waals surface area contributed by atoms with Crippen LogP contribution in [0.5, 0.6) is 0 Å². The molecule has 1 atom stereocenters. The summed E-state index contributed by atoms with van der Waals surface area (Å²) in [5.41, 5.74) is 39.6. The standard InChI is InChI=1S/C119H96N4/c1-115(2)68-69-116(3,4)105-72-82(60-65-103(105)115)122-110-54-32-26-48-94(110)96-63-58-85(75-114(96)122)121(112-67-56-80(77-34-12-9-13-35-77)70-97(112)79-38-16-11-17-39-79)109-53-31-24-46-92(109)87-41-18-19-42-88(87)107-76-117(5,6)106-73-83(61-66-104(106)118(107,7)8)123-111-55-33-25-47-93(111)95-62-57-84(74-113(95)123)120(108-52-30-23-40-86(108)78-36-14-10-15-37-78)81-59-64-102-98(71-81)91-45-22-29-51-101(91)119(102)99-49-27-20-43-89(99)90-44-21-28-50-100(90)119/h9-67,70-75,107H,68-69,76H2,1-8H3. The fourth-order valence-corrected chi connectivity index (χ4v) is 22.7. The third kappa shape index (κ3) is 11.4. The second-order valence-corrected chi connectivity index (χ2v) is 37.4. The molecule has 23 rings (SSSR count). The van der Waals surface area contributed by atoms with Crippen molar-refractivity contribution in [3.8, 4) is 78.1 Å². The van der Waals surface area contributed by atoms with Crippen LogP contribution in [0.2, 0.25) is 0 Å². The molecule has 2 heterocycles. The lowest BCUT2D eigenvalue weighted by atomic mass is 9.55. The van der Waals surface area contributed by atoms with Gasteiger partial charge < -0.3 is 18.9 Å². The van der Waals surface area contributed by atoms with Gasteiger partial charge in [0.25, 0.3) is 0 Å². The summed E-state index contributed by atoms with van der Waals surface area (Å²) in [4.78, 5) is 5.12. The van der Waals surface area contributed by atoms with Crippen molar-refractivity contribution in [3.63, 3.8) is 0 Å². The predicted molar refractivity (Wildman–Crippen MR) is 518 cm³/mol. The number of hydrogen-bond acceptors (Lipinski definition) is 2. The van der Waals surface area contributed by atoms with Crippen LogP contribution < -0.4 is 9.80 Å². The van der Waals surface area contributed by atoms with Gasteiger partial charge in [0.1, 0.15) is 0 Å². The highest BCUT2D eigenvalue weighted by Crippen LogP contribution is 2.65. The van der Waals surface area contributed by atoms with Gasteiger partial charge in [-0.15, -0.1) is 0 Å². The number of para-hydroxylation sites is 4. The molecule has 4 aliphatic carbocycles. The van der Waals surface area contributed by atoms with Crippen LogP contribution in [0.25, 0.3) is 122 Å². The van der Waals surface area contributed by atoms with E-state index in [1.54, 1.807) is 0 Å². The Hall–Kier alpha value is -14.1. The lowest BCUT2D eigenvalue weighted by Gasteiger charge is -2.48. The van der Waals surface area contributed by atoms with Crippen molar-refractivity contribution >= 4 is 77.7 Å². The first-order valence-electron chi connectivity index (χ1n) is 44.0. The minimum absolute atomic E-state index is 0.0325. The Morgan fingerprint density at radius 2 is 0.634 bits per heavy atom. The SMILES string of the molecule is CC1(C)CCC(C)(C)c2cc(-n3c4ccccc4c4ccc(N(c5ccc(-c6ccccc6)cc5-c5ccccc5)c5ccccc5-c5ccccc5C5CC(C)(C)c6cc(-n7c8ccccc8c8ccc(N(c9ccc%10c(c9)-c9ccccc9C%109c%10ccccc%10-c%10ccccc%109)c9ccccc9-c9ccccc9)cc87)ccc6C5(C)C)cc43)ccc21. The molecule has 0 amide bonds. The first-order chi connectivity index (χ1) is 60.0. The van der Waals surface area contributed by atoms with E-state index in [-0.39, 0.29) is 27.6 Å². The van der Waals surface area contributed by atoms with Crippen molar-refractivity contribution in [1.29, 1.82) is 0 Å². The maximum atomic E-state index is 2.59. The second kappa shape index (κ2) is 28.0. The van der Waals surface area contributed by atoms with E-state index < -0.39 is 5.41 Å². The highest BCUT2D eigenvalue weighted by molar-refractivity contribution is 6.13. The Balaban J connectivity index is 0.667. The van der Waals surface area contributed by atoms with Gasteiger partial charge in [-0.3, -0.25) is 0 Å². The van der Waals surface area contributed by atoms with Crippen LogP contribution in [0.15, 0.2) is 394 Å². The Morgan fingerprint density at radius 1 is 0.236 bits per heavy atom. The molecule has 1 spiro atoms. The van der Waals surface area contributed by atoms with Crippen LogP contribution in [0, 0.1) is 0 Å². The zero-order valence-electron chi connectivity index (χ0n) is 71.0. The molecule has 2 aromatic heterocycles. The number of aromatic nitrogens is 2. The molecule has 19 aromatic rings. The average Bonchev–Trinajstić information content (AvgIpc) is 1.51. The summed E-state index contributed by atoms with van der Waals surface area (Å²) in [6.07, 6.45) is 3.24.